The fourth-order valence-electron chi connectivity index (χ4n) is 3.03. The van der Waals surface area contributed by atoms with E-state index in [1.807, 2.05) is 18.2 Å². The molecule has 0 aromatic carbocycles. The van der Waals surface area contributed by atoms with Crippen molar-refractivity contribution in [1.29, 1.82) is 0 Å². The van der Waals surface area contributed by atoms with E-state index in [4.69, 9.17) is 0 Å². The number of carbonyl (C=O) groups is 2. The van der Waals surface area contributed by atoms with Gasteiger partial charge in [0.2, 0.25) is 0 Å². The Morgan fingerprint density at radius 2 is 1.84 bits per heavy atom. The average Bonchev–Trinajstić information content (AvgIpc) is 2.44. The minimum Gasteiger partial charge on any atom is -0.284 e. The molecule has 0 saturated carbocycles. The Kier molecular flexibility index (Phi) is 8.17. The fraction of sp³-hybridized carbons (Fsp3) is 0.429. The highest BCUT2D eigenvalue weighted by Gasteiger charge is 2.26. The molecule has 0 aliphatic heterocycles. The zero-order chi connectivity index (χ0) is 19.0. The Balaban J connectivity index is 2.74. The van der Waals surface area contributed by atoms with Gasteiger partial charge in [-0.05, 0) is 56.6 Å². The maximum atomic E-state index is 11.4. The van der Waals surface area contributed by atoms with Gasteiger partial charge < -0.3 is 0 Å². The van der Waals surface area contributed by atoms with E-state index in [2.05, 4.69) is 57.8 Å². The summed E-state index contributed by atoms with van der Waals surface area (Å²) in [6, 6.07) is 0. The van der Waals surface area contributed by atoms with Crippen LogP contribution in [0.2, 0.25) is 0 Å². The second-order valence-electron chi connectivity index (χ2n) is 7.22. The van der Waals surface area contributed by atoms with Crippen molar-refractivity contribution in [3.8, 4) is 0 Å². The van der Waals surface area contributed by atoms with Gasteiger partial charge in [-0.15, -0.1) is 0 Å². The number of amides is 2. The van der Waals surface area contributed by atoms with E-state index in [0.717, 1.165) is 11.1 Å². The number of hydrogen-bond donors (Lipinski definition) is 2. The molecule has 0 spiro atoms. The van der Waals surface area contributed by atoms with Crippen LogP contribution in [0.25, 0.3) is 0 Å². The van der Waals surface area contributed by atoms with Crippen molar-refractivity contribution in [2.24, 2.45) is 5.41 Å². The van der Waals surface area contributed by atoms with Gasteiger partial charge in [-0.25, -0.2) is 0 Å². The molecule has 1 rings (SSSR count). The summed E-state index contributed by atoms with van der Waals surface area (Å²) in [5, 5.41) is 1.43. The zero-order valence-corrected chi connectivity index (χ0v) is 16.7. The van der Waals surface area contributed by atoms with Crippen LogP contribution in [0, 0.1) is 5.41 Å². The number of thiol groups is 1. The molecule has 3 nitrogen and oxygen atoms in total. The number of imide groups is 1. The van der Waals surface area contributed by atoms with Gasteiger partial charge in [0.05, 0.1) is 0 Å². The normalized spacial score (nSPS) is 19.0. The van der Waals surface area contributed by atoms with Crippen LogP contribution < -0.4 is 5.32 Å². The maximum Gasteiger partial charge on any atom is 0.282 e. The van der Waals surface area contributed by atoms with Crippen molar-refractivity contribution in [3.05, 3.63) is 58.7 Å². The van der Waals surface area contributed by atoms with Crippen molar-refractivity contribution >= 4 is 23.8 Å². The summed E-state index contributed by atoms with van der Waals surface area (Å²) in [4.78, 5) is 22.1. The summed E-state index contributed by atoms with van der Waals surface area (Å²) in [6.07, 6.45) is 15.2. The molecule has 0 radical (unpaired) electrons. The second kappa shape index (κ2) is 9.62. The Morgan fingerprint density at radius 3 is 2.44 bits per heavy atom. The molecule has 0 heterocycles. The first kappa shape index (κ1) is 21.2. The SMILES string of the molecule is CC1=C(/C=C/C(C)=C/C=C/C(C)=C/C(=O)NC(=O)S)C(C)(C)CCC1. The largest absolute Gasteiger partial charge is 0.284 e. The summed E-state index contributed by atoms with van der Waals surface area (Å²) in [5.41, 5.74) is 5.07. The highest BCUT2D eigenvalue weighted by Crippen LogP contribution is 2.40. The molecule has 0 fully saturated rings. The van der Waals surface area contributed by atoms with Crippen LogP contribution >= 0.6 is 12.6 Å². The van der Waals surface area contributed by atoms with Gasteiger partial charge in [0, 0.05) is 6.08 Å². The van der Waals surface area contributed by atoms with Crippen LogP contribution in [0.1, 0.15) is 53.9 Å². The Bertz CT molecular complexity index is 676. The fourth-order valence-corrected chi connectivity index (χ4v) is 3.14. The third-order valence-electron chi connectivity index (χ3n) is 4.36. The monoisotopic (exact) mass is 359 g/mol. The molecular formula is C21H29NO2S. The van der Waals surface area contributed by atoms with Crippen LogP contribution in [0.3, 0.4) is 0 Å². The van der Waals surface area contributed by atoms with E-state index in [0.29, 0.717) is 0 Å². The van der Waals surface area contributed by atoms with Crippen LogP contribution in [-0.4, -0.2) is 11.1 Å². The lowest BCUT2D eigenvalue weighted by Crippen LogP contribution is -2.23. The van der Waals surface area contributed by atoms with Gasteiger partial charge >= 0.3 is 0 Å². The maximum absolute atomic E-state index is 11.4. The molecule has 0 bridgehead atoms. The van der Waals surface area contributed by atoms with Crippen molar-refractivity contribution < 1.29 is 9.59 Å². The van der Waals surface area contributed by atoms with Crippen LogP contribution in [0.5, 0.6) is 0 Å². The van der Waals surface area contributed by atoms with E-state index < -0.39 is 11.1 Å². The molecule has 0 unspecified atom stereocenters. The summed E-state index contributed by atoms with van der Waals surface area (Å²) >= 11 is 3.50. The third-order valence-corrected chi connectivity index (χ3v) is 4.47. The molecule has 1 N–H and O–H groups in total. The molecule has 136 valence electrons. The summed E-state index contributed by atoms with van der Waals surface area (Å²) < 4.78 is 0. The van der Waals surface area contributed by atoms with Gasteiger partial charge in [-0.2, -0.15) is 0 Å². The predicted octanol–water partition coefficient (Wildman–Crippen LogP) is 5.68. The van der Waals surface area contributed by atoms with Crippen molar-refractivity contribution in [2.75, 3.05) is 0 Å². The molecule has 1 aliphatic rings. The first-order chi connectivity index (χ1) is 11.6. The summed E-state index contributed by atoms with van der Waals surface area (Å²) in [6.45, 7) is 10.7. The number of hydrogen-bond acceptors (Lipinski definition) is 2. The number of rotatable bonds is 5. The number of nitrogens with one attached hydrogen (secondary N) is 1. The lowest BCUT2D eigenvalue weighted by Gasteiger charge is -2.32. The van der Waals surface area contributed by atoms with E-state index in [-0.39, 0.29) is 5.41 Å². The average molecular weight is 360 g/mol. The van der Waals surface area contributed by atoms with E-state index in [1.165, 1.54) is 36.5 Å². The zero-order valence-electron chi connectivity index (χ0n) is 15.8. The lowest BCUT2D eigenvalue weighted by molar-refractivity contribution is -0.115. The van der Waals surface area contributed by atoms with Crippen molar-refractivity contribution in [3.63, 3.8) is 0 Å². The smallest absolute Gasteiger partial charge is 0.282 e. The van der Waals surface area contributed by atoms with Crippen molar-refractivity contribution in [1.82, 2.24) is 5.32 Å². The third kappa shape index (κ3) is 7.74. The number of allylic oxidation sites excluding steroid dienone is 9. The lowest BCUT2D eigenvalue weighted by atomic mass is 9.72. The van der Waals surface area contributed by atoms with Crippen LogP contribution in [-0.2, 0) is 4.79 Å². The van der Waals surface area contributed by atoms with E-state index in [1.54, 1.807) is 6.92 Å². The predicted molar refractivity (Wildman–Crippen MR) is 109 cm³/mol. The van der Waals surface area contributed by atoms with Gasteiger partial charge in [0.1, 0.15) is 0 Å². The molecule has 1 aliphatic carbocycles. The highest BCUT2D eigenvalue weighted by molar-refractivity contribution is 7.96. The highest BCUT2D eigenvalue weighted by atomic mass is 32.1. The molecule has 25 heavy (non-hydrogen) atoms. The topological polar surface area (TPSA) is 46.2 Å². The molecule has 0 atom stereocenters. The van der Waals surface area contributed by atoms with E-state index >= 15 is 0 Å². The molecule has 0 saturated heterocycles. The first-order valence-electron chi connectivity index (χ1n) is 8.57. The minimum atomic E-state index is -0.658. The van der Waals surface area contributed by atoms with Gasteiger partial charge in [-0.1, -0.05) is 68.0 Å². The first-order valence-corrected chi connectivity index (χ1v) is 9.02. The molecular weight excluding hydrogens is 330 g/mol. The number of carbonyl (C=O) groups excluding carboxylic acids is 2. The Hall–Kier alpha value is -1.81. The van der Waals surface area contributed by atoms with Gasteiger partial charge in [0.25, 0.3) is 11.1 Å². The Morgan fingerprint density at radius 1 is 1.16 bits per heavy atom. The van der Waals surface area contributed by atoms with E-state index in [9.17, 15) is 9.59 Å². The van der Waals surface area contributed by atoms with Gasteiger partial charge in [-0.3, -0.25) is 14.9 Å². The van der Waals surface area contributed by atoms with Crippen LogP contribution in [0.4, 0.5) is 4.79 Å². The molecule has 4 heteroatoms. The van der Waals surface area contributed by atoms with Gasteiger partial charge in [0.15, 0.2) is 0 Å². The molecule has 0 aromatic rings. The Labute approximate surface area is 157 Å². The summed E-state index contributed by atoms with van der Waals surface area (Å²) in [5.74, 6) is -0.468. The minimum absolute atomic E-state index is 0.242. The van der Waals surface area contributed by atoms with Crippen molar-refractivity contribution in [2.45, 2.75) is 53.9 Å². The summed E-state index contributed by atoms with van der Waals surface area (Å²) in [7, 11) is 0. The quantitative estimate of drug-likeness (QED) is 0.376. The second-order valence-corrected chi connectivity index (χ2v) is 7.62. The van der Waals surface area contributed by atoms with Crippen LogP contribution in [0.15, 0.2) is 58.7 Å². The molecule has 2 amide bonds. The molecule has 0 aromatic heterocycles. The standard InChI is InChI=1S/C21H29NO2S/c1-15(8-6-9-16(2)14-19(23)22-20(24)25)11-12-18-17(3)10-7-13-21(18,4)5/h6,8-9,11-12,14H,7,10,13H2,1-5H3,(H2,22,23,24,25)/b9-6+,12-11+,15-8+,16-14+.